The van der Waals surface area contributed by atoms with Crippen molar-refractivity contribution in [1.82, 2.24) is 0 Å². The van der Waals surface area contributed by atoms with Gasteiger partial charge in [-0.3, -0.25) is 0 Å². The average Bonchev–Trinajstić information content (AvgIpc) is 2.35. The first-order valence-electron chi connectivity index (χ1n) is 6.79. The molecule has 0 saturated heterocycles. The number of halogens is 1. The number of hydrogen-bond acceptors (Lipinski definition) is 2. The van der Waals surface area contributed by atoms with Crippen LogP contribution in [0.4, 0.5) is 10.1 Å². The van der Waals surface area contributed by atoms with Crippen molar-refractivity contribution in [3.8, 4) is 0 Å². The first-order chi connectivity index (χ1) is 8.49. The normalized spacial score (nSPS) is 14.3. The highest BCUT2D eigenvalue weighted by Gasteiger charge is 2.15. The lowest BCUT2D eigenvalue weighted by molar-refractivity contribution is 0.545. The number of nitrogens with two attached hydrogens (primary N) is 1. The molecule has 18 heavy (non-hydrogen) atoms. The van der Waals surface area contributed by atoms with Crippen LogP contribution in [-0.4, -0.2) is 13.1 Å². The van der Waals surface area contributed by atoms with Gasteiger partial charge in [0.25, 0.3) is 0 Å². The summed E-state index contributed by atoms with van der Waals surface area (Å²) in [7, 11) is 0. The second-order valence-electron chi connectivity index (χ2n) is 5.04. The zero-order valence-corrected chi connectivity index (χ0v) is 11.9. The van der Waals surface area contributed by atoms with E-state index in [1.165, 1.54) is 6.07 Å². The van der Waals surface area contributed by atoms with Gasteiger partial charge < -0.3 is 10.6 Å². The Balaban J connectivity index is 3.04. The fourth-order valence-electron chi connectivity index (χ4n) is 2.08. The molecule has 102 valence electrons. The molecule has 2 nitrogen and oxygen atoms in total. The molecule has 0 bridgehead atoms. The third kappa shape index (κ3) is 3.70. The van der Waals surface area contributed by atoms with Crippen molar-refractivity contribution in [2.75, 3.05) is 18.0 Å². The van der Waals surface area contributed by atoms with E-state index in [0.717, 1.165) is 30.8 Å². The number of rotatable bonds is 6. The molecule has 1 aromatic rings. The Bertz CT molecular complexity index is 377. The van der Waals surface area contributed by atoms with E-state index in [1.54, 1.807) is 6.07 Å². The van der Waals surface area contributed by atoms with Crippen LogP contribution in [0.1, 0.15) is 45.7 Å². The molecule has 0 aliphatic heterocycles. The van der Waals surface area contributed by atoms with Gasteiger partial charge in [-0.1, -0.05) is 20.3 Å². The number of nitrogens with zero attached hydrogens (tertiary/aromatic N) is 1. The van der Waals surface area contributed by atoms with Gasteiger partial charge in [0.05, 0.1) is 0 Å². The summed E-state index contributed by atoms with van der Waals surface area (Å²) in [5.41, 5.74) is 7.90. The Morgan fingerprint density at radius 1 is 1.28 bits per heavy atom. The minimum absolute atomic E-state index is 0.151. The maximum absolute atomic E-state index is 13.3. The quantitative estimate of drug-likeness (QED) is 0.836. The van der Waals surface area contributed by atoms with Gasteiger partial charge in [-0.25, -0.2) is 4.39 Å². The predicted octanol–water partition coefficient (Wildman–Crippen LogP) is 3.72. The molecule has 0 amide bonds. The van der Waals surface area contributed by atoms with Crippen LogP contribution < -0.4 is 10.6 Å². The van der Waals surface area contributed by atoms with Crippen molar-refractivity contribution in [2.24, 2.45) is 11.7 Å². The van der Waals surface area contributed by atoms with Crippen LogP contribution in [0.3, 0.4) is 0 Å². The van der Waals surface area contributed by atoms with Crippen LogP contribution in [0, 0.1) is 11.7 Å². The summed E-state index contributed by atoms with van der Waals surface area (Å²) in [5, 5.41) is 0. The van der Waals surface area contributed by atoms with E-state index < -0.39 is 0 Å². The zero-order valence-electron chi connectivity index (χ0n) is 11.9. The molecule has 0 saturated carbocycles. The van der Waals surface area contributed by atoms with Gasteiger partial charge in [0.15, 0.2) is 0 Å². The topological polar surface area (TPSA) is 29.3 Å². The molecule has 0 fully saturated rings. The van der Waals surface area contributed by atoms with Gasteiger partial charge in [-0.2, -0.15) is 0 Å². The lowest BCUT2D eigenvalue weighted by Crippen LogP contribution is -2.29. The Labute approximate surface area is 110 Å². The van der Waals surface area contributed by atoms with Crippen molar-refractivity contribution < 1.29 is 4.39 Å². The van der Waals surface area contributed by atoms with Gasteiger partial charge in [0.1, 0.15) is 5.82 Å². The first-order valence-corrected chi connectivity index (χ1v) is 6.79. The zero-order chi connectivity index (χ0) is 13.7. The van der Waals surface area contributed by atoms with Crippen LogP contribution >= 0.6 is 0 Å². The van der Waals surface area contributed by atoms with E-state index in [9.17, 15) is 4.39 Å². The van der Waals surface area contributed by atoms with Crippen molar-refractivity contribution in [3.63, 3.8) is 0 Å². The van der Waals surface area contributed by atoms with Crippen LogP contribution in [0.15, 0.2) is 18.2 Å². The maximum Gasteiger partial charge on any atom is 0.123 e. The second-order valence-corrected chi connectivity index (χ2v) is 5.04. The Morgan fingerprint density at radius 2 is 1.94 bits per heavy atom. The molecule has 1 aromatic carbocycles. The lowest BCUT2D eigenvalue weighted by atomic mass is 10.0. The SMILES string of the molecule is CCC(C)CN(CC)c1ccc(F)cc1[C@@H](C)N. The largest absolute Gasteiger partial charge is 0.371 e. The predicted molar refractivity (Wildman–Crippen MR) is 76.3 cm³/mol. The summed E-state index contributed by atoms with van der Waals surface area (Å²) >= 11 is 0. The van der Waals surface area contributed by atoms with E-state index in [4.69, 9.17) is 5.73 Å². The summed E-state index contributed by atoms with van der Waals surface area (Å²) < 4.78 is 13.3. The van der Waals surface area contributed by atoms with Gasteiger partial charge in [0, 0.05) is 24.8 Å². The fraction of sp³-hybridized carbons (Fsp3) is 0.600. The highest BCUT2D eigenvalue weighted by molar-refractivity contribution is 5.55. The molecule has 0 aliphatic rings. The molecular weight excluding hydrogens is 227 g/mol. The Hall–Kier alpha value is -1.09. The summed E-state index contributed by atoms with van der Waals surface area (Å²) in [5.74, 6) is 0.404. The molecule has 3 heteroatoms. The smallest absolute Gasteiger partial charge is 0.123 e. The highest BCUT2D eigenvalue weighted by atomic mass is 19.1. The molecule has 0 aliphatic carbocycles. The van der Waals surface area contributed by atoms with E-state index in [1.807, 2.05) is 13.0 Å². The van der Waals surface area contributed by atoms with Gasteiger partial charge in [-0.05, 0) is 43.5 Å². The molecular formula is C15H25FN2. The highest BCUT2D eigenvalue weighted by Crippen LogP contribution is 2.27. The standard InChI is InChI=1S/C15H25FN2/c1-5-11(3)10-18(6-2)15-8-7-13(16)9-14(15)12(4)17/h7-9,11-12H,5-6,10,17H2,1-4H3/t11?,12-/m1/s1. The van der Waals surface area contributed by atoms with E-state index >= 15 is 0 Å². The van der Waals surface area contributed by atoms with Gasteiger partial charge in [0.2, 0.25) is 0 Å². The number of benzene rings is 1. The fourth-order valence-corrected chi connectivity index (χ4v) is 2.08. The molecule has 1 unspecified atom stereocenters. The van der Waals surface area contributed by atoms with Crippen molar-refractivity contribution in [2.45, 2.75) is 40.2 Å². The monoisotopic (exact) mass is 252 g/mol. The van der Waals surface area contributed by atoms with E-state index in [0.29, 0.717) is 5.92 Å². The maximum atomic E-state index is 13.3. The average molecular weight is 252 g/mol. The minimum Gasteiger partial charge on any atom is -0.371 e. The summed E-state index contributed by atoms with van der Waals surface area (Å²) in [6.45, 7) is 10.3. The molecule has 0 spiro atoms. The summed E-state index contributed by atoms with van der Waals surface area (Å²) in [6.07, 6.45) is 1.14. The second kappa shape index (κ2) is 6.74. The molecule has 0 radical (unpaired) electrons. The Morgan fingerprint density at radius 3 is 2.44 bits per heavy atom. The number of hydrogen-bond donors (Lipinski definition) is 1. The lowest BCUT2D eigenvalue weighted by Gasteiger charge is -2.29. The molecule has 1 rings (SSSR count). The van der Waals surface area contributed by atoms with Crippen molar-refractivity contribution in [1.29, 1.82) is 0 Å². The molecule has 0 aromatic heterocycles. The van der Waals surface area contributed by atoms with E-state index in [2.05, 4.69) is 25.7 Å². The minimum atomic E-state index is -0.217. The summed E-state index contributed by atoms with van der Waals surface area (Å²) in [6, 6.07) is 4.77. The van der Waals surface area contributed by atoms with Crippen molar-refractivity contribution >= 4 is 5.69 Å². The molecule has 2 atom stereocenters. The van der Waals surface area contributed by atoms with E-state index in [-0.39, 0.29) is 11.9 Å². The first kappa shape index (κ1) is 15.0. The van der Waals surface area contributed by atoms with Crippen LogP contribution in [0.2, 0.25) is 0 Å². The van der Waals surface area contributed by atoms with Gasteiger partial charge >= 0.3 is 0 Å². The van der Waals surface area contributed by atoms with Gasteiger partial charge in [-0.15, -0.1) is 0 Å². The molecule has 2 N–H and O–H groups in total. The third-order valence-electron chi connectivity index (χ3n) is 3.43. The Kier molecular flexibility index (Phi) is 5.60. The van der Waals surface area contributed by atoms with Crippen LogP contribution in [0.25, 0.3) is 0 Å². The molecule has 0 heterocycles. The van der Waals surface area contributed by atoms with Crippen LogP contribution in [-0.2, 0) is 0 Å². The van der Waals surface area contributed by atoms with Crippen molar-refractivity contribution in [3.05, 3.63) is 29.6 Å². The third-order valence-corrected chi connectivity index (χ3v) is 3.43. The van der Waals surface area contributed by atoms with Crippen LogP contribution in [0.5, 0.6) is 0 Å². The summed E-state index contributed by atoms with van der Waals surface area (Å²) in [4.78, 5) is 2.28. The number of anilines is 1.